The number of nitrogens with zero attached hydrogens (tertiary/aromatic N) is 2. The van der Waals surface area contributed by atoms with Gasteiger partial charge in [-0.05, 0) is 47.4 Å². The first-order valence-electron chi connectivity index (χ1n) is 10.9. The Morgan fingerprint density at radius 3 is 2.48 bits per heavy atom. The van der Waals surface area contributed by atoms with Crippen molar-refractivity contribution >= 4 is 11.6 Å². The van der Waals surface area contributed by atoms with E-state index in [0.717, 1.165) is 22.3 Å². The highest BCUT2D eigenvalue weighted by Gasteiger charge is 2.22. The lowest BCUT2D eigenvalue weighted by Gasteiger charge is -2.21. The molecule has 1 amide bonds. The lowest BCUT2D eigenvalue weighted by molar-refractivity contribution is -0.118. The molecule has 6 heteroatoms. The van der Waals surface area contributed by atoms with Crippen LogP contribution in [0.3, 0.4) is 0 Å². The van der Waals surface area contributed by atoms with Gasteiger partial charge in [0, 0.05) is 18.9 Å². The highest BCUT2D eigenvalue weighted by molar-refractivity contribution is 5.96. The summed E-state index contributed by atoms with van der Waals surface area (Å²) >= 11 is 0. The molecule has 0 aliphatic heterocycles. The van der Waals surface area contributed by atoms with Crippen molar-refractivity contribution in [3.8, 4) is 5.75 Å². The number of ether oxygens (including phenoxy) is 1. The normalized spacial score (nSPS) is 11.7. The zero-order valence-corrected chi connectivity index (χ0v) is 18.9. The minimum absolute atomic E-state index is 0.144. The van der Waals surface area contributed by atoms with E-state index >= 15 is 0 Å². The number of hydrogen-bond donors (Lipinski definition) is 2. The maximum Gasteiger partial charge on any atom is 0.246 e. The molecule has 6 nitrogen and oxygen atoms in total. The van der Waals surface area contributed by atoms with Crippen LogP contribution in [0.2, 0.25) is 0 Å². The molecule has 1 atom stereocenters. The Kier molecular flexibility index (Phi) is 7.17. The molecule has 4 aromatic rings. The van der Waals surface area contributed by atoms with Crippen molar-refractivity contribution in [2.75, 3.05) is 12.4 Å². The van der Waals surface area contributed by atoms with Gasteiger partial charge in [-0.3, -0.25) is 14.8 Å². The second-order valence-corrected chi connectivity index (χ2v) is 7.89. The van der Waals surface area contributed by atoms with Gasteiger partial charge in [0.1, 0.15) is 11.8 Å². The molecule has 168 valence electrons. The molecule has 4 rings (SSSR count). The number of anilines is 1. The maximum atomic E-state index is 13.4. The van der Waals surface area contributed by atoms with Crippen LogP contribution in [0.1, 0.15) is 28.3 Å². The van der Waals surface area contributed by atoms with E-state index in [1.807, 2.05) is 84.5 Å². The predicted octanol–water partition coefficient (Wildman–Crippen LogP) is 4.72. The number of benzene rings is 3. The fraction of sp³-hybridized carbons (Fsp3) is 0.185. The van der Waals surface area contributed by atoms with Gasteiger partial charge < -0.3 is 10.1 Å². The lowest BCUT2D eigenvalue weighted by atomic mass is 10.0. The average Bonchev–Trinajstić information content (AvgIpc) is 3.34. The Morgan fingerprint density at radius 1 is 1.00 bits per heavy atom. The van der Waals surface area contributed by atoms with Gasteiger partial charge in [0.15, 0.2) is 0 Å². The van der Waals surface area contributed by atoms with Gasteiger partial charge in [-0.15, -0.1) is 0 Å². The molecule has 0 bridgehead atoms. The van der Waals surface area contributed by atoms with Gasteiger partial charge in [0.25, 0.3) is 0 Å². The molecule has 1 heterocycles. The average molecular weight is 441 g/mol. The Morgan fingerprint density at radius 2 is 1.76 bits per heavy atom. The molecule has 3 aromatic carbocycles. The van der Waals surface area contributed by atoms with E-state index in [9.17, 15) is 4.79 Å². The molecule has 0 aliphatic carbocycles. The van der Waals surface area contributed by atoms with Crippen LogP contribution in [-0.4, -0.2) is 22.8 Å². The van der Waals surface area contributed by atoms with Gasteiger partial charge >= 0.3 is 0 Å². The lowest BCUT2D eigenvalue weighted by Crippen LogP contribution is -2.33. The zero-order valence-electron chi connectivity index (χ0n) is 18.9. The van der Waals surface area contributed by atoms with Gasteiger partial charge in [-0.1, -0.05) is 60.7 Å². The third kappa shape index (κ3) is 5.67. The number of rotatable bonds is 9. The van der Waals surface area contributed by atoms with Gasteiger partial charge in [0.2, 0.25) is 5.91 Å². The van der Waals surface area contributed by atoms with E-state index in [-0.39, 0.29) is 5.91 Å². The minimum atomic E-state index is -0.533. The molecule has 2 N–H and O–H groups in total. The molecule has 0 radical (unpaired) electrons. The third-order valence-electron chi connectivity index (χ3n) is 5.51. The zero-order chi connectivity index (χ0) is 23.0. The van der Waals surface area contributed by atoms with Crippen LogP contribution in [0.15, 0.2) is 91.3 Å². The standard InChI is InChI=1S/C27H28N4O2/c1-20-13-14-25(33-2)24(17-20)30-27(32)26(21-9-4-3-5-10-21)28-18-22-11-6-7-12-23(22)19-31-16-8-15-29-31/h3-17,26,28H,18-19H2,1-2H3,(H,30,32). The summed E-state index contributed by atoms with van der Waals surface area (Å²) in [6.45, 7) is 3.20. The number of nitrogens with one attached hydrogen (secondary N) is 2. The molecule has 0 spiro atoms. The van der Waals surface area contributed by atoms with Crippen LogP contribution in [0.25, 0.3) is 0 Å². The van der Waals surface area contributed by atoms with Crippen LogP contribution in [0.5, 0.6) is 5.75 Å². The van der Waals surface area contributed by atoms with E-state index in [2.05, 4.69) is 27.9 Å². The van der Waals surface area contributed by atoms with Crippen molar-refractivity contribution in [2.45, 2.75) is 26.1 Å². The van der Waals surface area contributed by atoms with E-state index in [1.165, 1.54) is 0 Å². The van der Waals surface area contributed by atoms with E-state index in [1.54, 1.807) is 13.3 Å². The SMILES string of the molecule is COc1ccc(C)cc1NC(=O)C(NCc1ccccc1Cn1cccn1)c1ccccc1. The van der Waals surface area contributed by atoms with Crippen LogP contribution in [0, 0.1) is 6.92 Å². The van der Waals surface area contributed by atoms with Crippen molar-refractivity contribution in [3.63, 3.8) is 0 Å². The predicted molar refractivity (Wildman–Crippen MR) is 130 cm³/mol. The second kappa shape index (κ2) is 10.6. The Bertz CT molecular complexity index is 1190. The molecule has 33 heavy (non-hydrogen) atoms. The summed E-state index contributed by atoms with van der Waals surface area (Å²) in [6.07, 6.45) is 3.72. The van der Waals surface area contributed by atoms with Crippen molar-refractivity contribution in [1.82, 2.24) is 15.1 Å². The topological polar surface area (TPSA) is 68.2 Å². The molecule has 1 aromatic heterocycles. The summed E-state index contributed by atoms with van der Waals surface area (Å²) in [5.74, 6) is 0.486. The van der Waals surface area contributed by atoms with Crippen molar-refractivity contribution < 1.29 is 9.53 Å². The van der Waals surface area contributed by atoms with Crippen molar-refractivity contribution in [3.05, 3.63) is 114 Å². The molecule has 0 fully saturated rings. The van der Waals surface area contributed by atoms with Crippen molar-refractivity contribution in [2.24, 2.45) is 0 Å². The molecular formula is C27H28N4O2. The number of carbonyl (C=O) groups is 1. The first kappa shape index (κ1) is 22.3. The summed E-state index contributed by atoms with van der Waals surface area (Å²) in [4.78, 5) is 13.4. The Hall–Kier alpha value is -3.90. The van der Waals surface area contributed by atoms with Crippen LogP contribution < -0.4 is 15.4 Å². The molecule has 0 saturated carbocycles. The number of amides is 1. The van der Waals surface area contributed by atoms with Crippen LogP contribution in [0.4, 0.5) is 5.69 Å². The number of carbonyl (C=O) groups excluding carboxylic acids is 1. The van der Waals surface area contributed by atoms with Crippen LogP contribution >= 0.6 is 0 Å². The van der Waals surface area contributed by atoms with E-state index in [4.69, 9.17) is 4.74 Å². The Balaban J connectivity index is 1.56. The second-order valence-electron chi connectivity index (χ2n) is 7.89. The van der Waals surface area contributed by atoms with Crippen LogP contribution in [-0.2, 0) is 17.9 Å². The largest absolute Gasteiger partial charge is 0.495 e. The number of hydrogen-bond acceptors (Lipinski definition) is 4. The molecule has 0 saturated heterocycles. The summed E-state index contributed by atoms with van der Waals surface area (Å²) in [7, 11) is 1.60. The number of methoxy groups -OCH3 is 1. The van der Waals surface area contributed by atoms with Gasteiger partial charge in [-0.25, -0.2) is 0 Å². The molecular weight excluding hydrogens is 412 g/mol. The van der Waals surface area contributed by atoms with E-state index in [0.29, 0.717) is 24.5 Å². The first-order valence-corrected chi connectivity index (χ1v) is 10.9. The Labute approximate surface area is 194 Å². The van der Waals surface area contributed by atoms with Crippen molar-refractivity contribution in [1.29, 1.82) is 0 Å². The number of aromatic nitrogens is 2. The first-order chi connectivity index (χ1) is 16.1. The molecule has 1 unspecified atom stereocenters. The molecule has 0 aliphatic rings. The smallest absolute Gasteiger partial charge is 0.246 e. The maximum absolute atomic E-state index is 13.4. The van der Waals surface area contributed by atoms with Gasteiger partial charge in [-0.2, -0.15) is 5.10 Å². The highest BCUT2D eigenvalue weighted by atomic mass is 16.5. The van der Waals surface area contributed by atoms with E-state index < -0.39 is 6.04 Å². The summed E-state index contributed by atoms with van der Waals surface area (Å²) in [5, 5.41) is 10.8. The highest BCUT2D eigenvalue weighted by Crippen LogP contribution is 2.27. The summed E-state index contributed by atoms with van der Waals surface area (Å²) in [6, 6.07) is 25.1. The summed E-state index contributed by atoms with van der Waals surface area (Å²) < 4.78 is 7.33. The minimum Gasteiger partial charge on any atom is -0.495 e. The monoisotopic (exact) mass is 440 g/mol. The van der Waals surface area contributed by atoms with Gasteiger partial charge in [0.05, 0.1) is 19.3 Å². The quantitative estimate of drug-likeness (QED) is 0.395. The summed E-state index contributed by atoms with van der Waals surface area (Å²) in [5.41, 5.74) is 4.87. The fourth-order valence-electron chi connectivity index (χ4n) is 3.80. The number of aryl methyl sites for hydroxylation is 1. The fourth-order valence-corrected chi connectivity index (χ4v) is 3.80. The third-order valence-corrected chi connectivity index (χ3v) is 5.51.